The van der Waals surface area contributed by atoms with Crippen LogP contribution in [0.3, 0.4) is 0 Å². The molecule has 2 heterocycles. The highest BCUT2D eigenvalue weighted by Crippen LogP contribution is 2.42. The van der Waals surface area contributed by atoms with E-state index in [1.54, 1.807) is 61.5 Å². The molecule has 0 radical (unpaired) electrons. The van der Waals surface area contributed by atoms with E-state index in [4.69, 9.17) is 4.42 Å². The van der Waals surface area contributed by atoms with Gasteiger partial charge in [-0.1, -0.05) is 18.2 Å². The summed E-state index contributed by atoms with van der Waals surface area (Å²) >= 11 is 0. The van der Waals surface area contributed by atoms with Crippen LogP contribution in [0.2, 0.25) is 0 Å². The summed E-state index contributed by atoms with van der Waals surface area (Å²) in [6.45, 7) is 1.73. The van der Waals surface area contributed by atoms with Gasteiger partial charge in [-0.2, -0.15) is 0 Å². The van der Waals surface area contributed by atoms with Crippen LogP contribution in [0.5, 0.6) is 0 Å². The molecule has 1 N–H and O–H groups in total. The monoisotopic (exact) mass is 284 g/mol. The van der Waals surface area contributed by atoms with E-state index in [1.165, 1.54) is 0 Å². The summed E-state index contributed by atoms with van der Waals surface area (Å²) in [5.41, 5.74) is -0.459. The van der Waals surface area contributed by atoms with Gasteiger partial charge in [0.1, 0.15) is 17.3 Å². The SMILES string of the molecule is CN1C(=O)C(C)(NC(=O)c2ccccc2)C1c1ccco1. The van der Waals surface area contributed by atoms with Crippen LogP contribution in [0.1, 0.15) is 29.1 Å². The second-order valence-corrected chi connectivity index (χ2v) is 5.36. The lowest BCUT2D eigenvalue weighted by molar-refractivity contribution is -0.159. The number of hydrogen-bond acceptors (Lipinski definition) is 3. The average molecular weight is 284 g/mol. The van der Waals surface area contributed by atoms with Crippen LogP contribution >= 0.6 is 0 Å². The maximum Gasteiger partial charge on any atom is 0.252 e. The highest BCUT2D eigenvalue weighted by atomic mass is 16.3. The molecule has 2 atom stereocenters. The number of nitrogens with one attached hydrogen (secondary N) is 1. The lowest BCUT2D eigenvalue weighted by Crippen LogP contribution is -2.72. The Morgan fingerprint density at radius 2 is 1.95 bits per heavy atom. The lowest BCUT2D eigenvalue weighted by atomic mass is 9.79. The Bertz CT molecular complexity index is 666. The van der Waals surface area contributed by atoms with Gasteiger partial charge in [-0.05, 0) is 31.2 Å². The van der Waals surface area contributed by atoms with Gasteiger partial charge in [0.05, 0.1) is 6.26 Å². The number of hydrogen-bond donors (Lipinski definition) is 1. The Hall–Kier alpha value is -2.56. The summed E-state index contributed by atoms with van der Waals surface area (Å²) in [7, 11) is 1.70. The average Bonchev–Trinajstić information content (AvgIpc) is 3.01. The van der Waals surface area contributed by atoms with E-state index in [-0.39, 0.29) is 17.9 Å². The number of carbonyl (C=O) groups excluding carboxylic acids is 2. The fourth-order valence-corrected chi connectivity index (χ4v) is 2.86. The molecule has 1 aromatic heterocycles. The fraction of sp³-hybridized carbons (Fsp3) is 0.250. The Morgan fingerprint density at radius 3 is 2.57 bits per heavy atom. The maximum atomic E-state index is 12.3. The number of likely N-dealkylation sites (tertiary alicyclic amines) is 1. The molecule has 21 heavy (non-hydrogen) atoms. The van der Waals surface area contributed by atoms with Crippen LogP contribution in [-0.4, -0.2) is 29.3 Å². The van der Waals surface area contributed by atoms with Crippen molar-refractivity contribution in [2.24, 2.45) is 0 Å². The van der Waals surface area contributed by atoms with Crippen LogP contribution in [0.15, 0.2) is 53.1 Å². The first kappa shape index (κ1) is 13.4. The minimum absolute atomic E-state index is 0.131. The Kier molecular flexibility index (Phi) is 3.05. The second kappa shape index (κ2) is 4.77. The molecule has 1 aliphatic heterocycles. The third-order valence-corrected chi connectivity index (χ3v) is 3.92. The van der Waals surface area contributed by atoms with Crippen LogP contribution in [0, 0.1) is 0 Å². The zero-order valence-electron chi connectivity index (χ0n) is 11.9. The maximum absolute atomic E-state index is 12.3. The van der Waals surface area contributed by atoms with Crippen LogP contribution in [-0.2, 0) is 4.79 Å². The number of β-lactam (4-membered cyclic amide) rings is 1. The van der Waals surface area contributed by atoms with E-state index >= 15 is 0 Å². The van der Waals surface area contributed by atoms with Crippen molar-refractivity contribution in [1.29, 1.82) is 0 Å². The summed E-state index contributed by atoms with van der Waals surface area (Å²) in [5.74, 6) is 0.261. The number of nitrogens with zero attached hydrogens (tertiary/aromatic N) is 1. The number of furan rings is 1. The smallest absolute Gasteiger partial charge is 0.252 e. The summed E-state index contributed by atoms with van der Waals surface area (Å²) in [6, 6.07) is 12.1. The predicted octanol–water partition coefficient (Wildman–Crippen LogP) is 1.98. The van der Waals surface area contributed by atoms with E-state index in [9.17, 15) is 9.59 Å². The molecule has 1 aromatic carbocycles. The molecule has 3 rings (SSSR count). The molecule has 1 aliphatic rings. The van der Waals surface area contributed by atoms with Crippen LogP contribution < -0.4 is 5.32 Å². The van der Waals surface area contributed by atoms with Crippen molar-refractivity contribution in [3.8, 4) is 0 Å². The predicted molar refractivity (Wildman–Crippen MR) is 76.5 cm³/mol. The van der Waals surface area contributed by atoms with Gasteiger partial charge < -0.3 is 14.6 Å². The number of rotatable bonds is 3. The van der Waals surface area contributed by atoms with Crippen molar-refractivity contribution in [2.75, 3.05) is 7.05 Å². The largest absolute Gasteiger partial charge is 0.467 e. The third-order valence-electron chi connectivity index (χ3n) is 3.92. The second-order valence-electron chi connectivity index (χ2n) is 5.36. The van der Waals surface area contributed by atoms with Crippen LogP contribution in [0.25, 0.3) is 0 Å². The van der Waals surface area contributed by atoms with Gasteiger partial charge in [0.15, 0.2) is 0 Å². The lowest BCUT2D eigenvalue weighted by Gasteiger charge is -2.51. The number of amides is 2. The van der Waals surface area contributed by atoms with Crippen molar-refractivity contribution in [3.05, 3.63) is 60.1 Å². The highest BCUT2D eigenvalue weighted by molar-refractivity contribution is 6.02. The first-order valence-electron chi connectivity index (χ1n) is 6.72. The highest BCUT2D eigenvalue weighted by Gasteiger charge is 2.58. The van der Waals surface area contributed by atoms with Crippen LogP contribution in [0.4, 0.5) is 0 Å². The van der Waals surface area contributed by atoms with Gasteiger partial charge in [0.25, 0.3) is 11.8 Å². The Morgan fingerprint density at radius 1 is 1.24 bits per heavy atom. The minimum Gasteiger partial charge on any atom is -0.467 e. The molecule has 0 saturated carbocycles. The molecule has 2 unspecified atom stereocenters. The summed E-state index contributed by atoms with van der Waals surface area (Å²) in [6.07, 6.45) is 1.56. The number of benzene rings is 1. The molecule has 2 amide bonds. The molecular weight excluding hydrogens is 268 g/mol. The van der Waals surface area contributed by atoms with Gasteiger partial charge in [-0.25, -0.2) is 0 Å². The van der Waals surface area contributed by atoms with Gasteiger partial charge in [-0.3, -0.25) is 9.59 Å². The number of carbonyl (C=O) groups is 2. The molecule has 1 fully saturated rings. The Balaban J connectivity index is 1.86. The van der Waals surface area contributed by atoms with Crippen molar-refractivity contribution >= 4 is 11.8 Å². The normalized spacial score (nSPS) is 24.6. The van der Waals surface area contributed by atoms with E-state index in [1.807, 2.05) is 6.07 Å². The first-order chi connectivity index (χ1) is 10.0. The molecule has 2 aromatic rings. The topological polar surface area (TPSA) is 62.6 Å². The van der Waals surface area contributed by atoms with Crippen molar-refractivity contribution in [1.82, 2.24) is 10.2 Å². The molecule has 5 nitrogen and oxygen atoms in total. The van der Waals surface area contributed by atoms with Gasteiger partial charge in [0.2, 0.25) is 0 Å². The molecule has 108 valence electrons. The number of likely N-dealkylation sites (N-methyl/N-ethyl adjacent to an activating group) is 1. The van der Waals surface area contributed by atoms with E-state index in [0.717, 1.165) is 0 Å². The third kappa shape index (κ3) is 2.01. The van der Waals surface area contributed by atoms with Gasteiger partial charge in [-0.15, -0.1) is 0 Å². The van der Waals surface area contributed by atoms with E-state index in [0.29, 0.717) is 11.3 Å². The van der Waals surface area contributed by atoms with Crippen molar-refractivity contribution in [3.63, 3.8) is 0 Å². The standard InChI is InChI=1S/C16H16N2O3/c1-16(17-14(19)11-7-4-3-5-8-11)13(18(2)15(16)20)12-9-6-10-21-12/h3-10,13H,1-2H3,(H,17,19). The van der Waals surface area contributed by atoms with Crippen molar-refractivity contribution in [2.45, 2.75) is 18.5 Å². The molecule has 5 heteroatoms. The molecule has 0 aliphatic carbocycles. The zero-order valence-corrected chi connectivity index (χ0v) is 11.9. The zero-order chi connectivity index (χ0) is 15.0. The van der Waals surface area contributed by atoms with Gasteiger partial charge in [0, 0.05) is 12.6 Å². The van der Waals surface area contributed by atoms with Crippen molar-refractivity contribution < 1.29 is 14.0 Å². The van der Waals surface area contributed by atoms with E-state index in [2.05, 4.69) is 5.32 Å². The van der Waals surface area contributed by atoms with Gasteiger partial charge >= 0.3 is 0 Å². The molecule has 0 bridgehead atoms. The van der Waals surface area contributed by atoms with E-state index < -0.39 is 5.54 Å². The quantitative estimate of drug-likeness (QED) is 0.877. The fourth-order valence-electron chi connectivity index (χ4n) is 2.86. The first-order valence-corrected chi connectivity index (χ1v) is 6.72. The molecular formula is C16H16N2O3. The molecule has 1 saturated heterocycles. The minimum atomic E-state index is -0.987. The summed E-state index contributed by atoms with van der Waals surface area (Å²) in [4.78, 5) is 26.1. The summed E-state index contributed by atoms with van der Waals surface area (Å²) in [5, 5.41) is 2.84. The molecule has 0 spiro atoms. The summed E-state index contributed by atoms with van der Waals surface area (Å²) < 4.78 is 5.39. The Labute approximate surface area is 122 Å².